The summed E-state index contributed by atoms with van der Waals surface area (Å²) in [4.78, 5) is 23.0. The average molecular weight is 340 g/mol. The number of hydrogen-bond acceptors (Lipinski definition) is 3. The van der Waals surface area contributed by atoms with Gasteiger partial charge in [0, 0.05) is 5.69 Å². The Kier molecular flexibility index (Phi) is 4.93. The third-order valence-corrected chi connectivity index (χ3v) is 2.69. The summed E-state index contributed by atoms with van der Waals surface area (Å²) in [6, 6.07) is 5.18. The van der Waals surface area contributed by atoms with Crippen molar-refractivity contribution in [1.29, 1.82) is 0 Å². The molecule has 0 fully saturated rings. The fourth-order valence-corrected chi connectivity index (χ4v) is 1.83. The molecule has 0 atom stereocenters. The molecule has 19 heavy (non-hydrogen) atoms. The second-order valence-electron chi connectivity index (χ2n) is 3.39. The Hall–Kier alpha value is -1.57. The van der Waals surface area contributed by atoms with E-state index in [4.69, 9.17) is 0 Å². The van der Waals surface area contributed by atoms with E-state index in [0.717, 1.165) is 13.2 Å². The van der Waals surface area contributed by atoms with Gasteiger partial charge in [0.25, 0.3) is 0 Å². The van der Waals surface area contributed by atoms with Crippen LogP contribution in [0.5, 0.6) is 0 Å². The van der Waals surface area contributed by atoms with E-state index in [1.165, 1.54) is 18.2 Å². The molecule has 1 rings (SSSR count). The normalized spacial score (nSPS) is 11.0. The molecule has 0 spiro atoms. The molecule has 1 aromatic rings. The molecule has 0 saturated carbocycles. The highest BCUT2D eigenvalue weighted by molar-refractivity contribution is 9.09. The minimum atomic E-state index is -4.99. The maximum absolute atomic E-state index is 12.4. The lowest BCUT2D eigenvalue weighted by Crippen LogP contribution is -2.40. The van der Waals surface area contributed by atoms with E-state index >= 15 is 0 Å². The van der Waals surface area contributed by atoms with Crippen LogP contribution in [0.15, 0.2) is 24.3 Å². The molecule has 0 unspecified atom stereocenters. The number of carbonyl (C=O) groups is 2. The van der Waals surface area contributed by atoms with Gasteiger partial charge in [-0.1, -0.05) is 22.0 Å². The highest BCUT2D eigenvalue weighted by Gasteiger charge is 2.42. The Morgan fingerprint density at radius 2 is 2.00 bits per heavy atom. The van der Waals surface area contributed by atoms with E-state index in [9.17, 15) is 22.8 Å². The summed E-state index contributed by atoms with van der Waals surface area (Å²) in [6.45, 7) is 0. The standard InChI is InChI=1S/C11H9BrF3NO3/c1-19-9(17)7-3-2-4-8(5-7)16(6-12)10(18)11(13,14)15/h2-5H,6H2,1H3. The summed E-state index contributed by atoms with van der Waals surface area (Å²) in [7, 11) is 1.15. The van der Waals surface area contributed by atoms with Crippen LogP contribution in [0.4, 0.5) is 18.9 Å². The molecule has 1 amide bonds. The summed E-state index contributed by atoms with van der Waals surface area (Å²) in [6.07, 6.45) is -4.99. The first-order valence-corrected chi connectivity index (χ1v) is 6.06. The number of hydrogen-bond donors (Lipinski definition) is 0. The summed E-state index contributed by atoms with van der Waals surface area (Å²) in [5.74, 6) is -2.72. The Balaban J connectivity index is 3.13. The smallest absolute Gasteiger partial charge is 0.465 e. The number of nitrogens with zero attached hydrogens (tertiary/aromatic N) is 1. The van der Waals surface area contributed by atoms with Crippen LogP contribution < -0.4 is 4.90 Å². The molecule has 4 nitrogen and oxygen atoms in total. The summed E-state index contributed by atoms with van der Waals surface area (Å²) in [5, 5.41) is 0. The first-order chi connectivity index (χ1) is 8.81. The van der Waals surface area contributed by atoms with Crippen molar-refractivity contribution in [1.82, 2.24) is 0 Å². The third-order valence-electron chi connectivity index (χ3n) is 2.19. The predicted octanol–water partition coefficient (Wildman–Crippen LogP) is 2.72. The van der Waals surface area contributed by atoms with Crippen molar-refractivity contribution >= 4 is 33.5 Å². The zero-order chi connectivity index (χ0) is 14.6. The van der Waals surface area contributed by atoms with Crippen LogP contribution in [0, 0.1) is 0 Å². The minimum absolute atomic E-state index is 0.0536. The molecule has 8 heteroatoms. The SMILES string of the molecule is COC(=O)c1cccc(N(CBr)C(=O)C(F)(F)F)c1. The van der Waals surface area contributed by atoms with Crippen molar-refractivity contribution in [3.63, 3.8) is 0 Å². The van der Waals surface area contributed by atoms with Gasteiger partial charge in [-0.25, -0.2) is 4.79 Å². The fourth-order valence-electron chi connectivity index (χ4n) is 1.31. The Bertz CT molecular complexity index is 490. The number of esters is 1. The summed E-state index contributed by atoms with van der Waals surface area (Å²) < 4.78 is 41.6. The highest BCUT2D eigenvalue weighted by atomic mass is 79.9. The molecule has 0 radical (unpaired) electrons. The number of anilines is 1. The van der Waals surface area contributed by atoms with Crippen molar-refractivity contribution in [2.45, 2.75) is 6.18 Å². The van der Waals surface area contributed by atoms with Gasteiger partial charge < -0.3 is 4.74 Å². The van der Waals surface area contributed by atoms with Gasteiger partial charge in [-0.05, 0) is 18.2 Å². The monoisotopic (exact) mass is 339 g/mol. The Labute approximate surface area is 115 Å². The van der Waals surface area contributed by atoms with Crippen LogP contribution in [-0.2, 0) is 9.53 Å². The zero-order valence-corrected chi connectivity index (χ0v) is 11.3. The lowest BCUT2D eigenvalue weighted by atomic mass is 10.2. The number of halogens is 4. The van der Waals surface area contributed by atoms with Crippen LogP contribution >= 0.6 is 15.9 Å². The third kappa shape index (κ3) is 3.69. The van der Waals surface area contributed by atoms with Gasteiger partial charge in [0.15, 0.2) is 0 Å². The topological polar surface area (TPSA) is 46.6 Å². The predicted molar refractivity (Wildman–Crippen MR) is 65.1 cm³/mol. The van der Waals surface area contributed by atoms with E-state index in [1.54, 1.807) is 0 Å². The van der Waals surface area contributed by atoms with Crippen LogP contribution in [0.25, 0.3) is 0 Å². The van der Waals surface area contributed by atoms with Gasteiger partial charge >= 0.3 is 18.1 Å². The van der Waals surface area contributed by atoms with E-state index < -0.39 is 18.1 Å². The van der Waals surface area contributed by atoms with Gasteiger partial charge in [-0.15, -0.1) is 0 Å². The molecular weight excluding hydrogens is 331 g/mol. The van der Waals surface area contributed by atoms with Crippen LogP contribution in [0.1, 0.15) is 10.4 Å². The van der Waals surface area contributed by atoms with Crippen molar-refractivity contribution in [2.24, 2.45) is 0 Å². The summed E-state index contributed by atoms with van der Waals surface area (Å²) >= 11 is 2.81. The van der Waals surface area contributed by atoms with E-state index in [-0.39, 0.29) is 16.7 Å². The minimum Gasteiger partial charge on any atom is -0.465 e. The quantitative estimate of drug-likeness (QED) is 0.483. The van der Waals surface area contributed by atoms with Gasteiger partial charge in [0.2, 0.25) is 0 Å². The molecule has 0 aliphatic carbocycles. The number of alkyl halides is 4. The van der Waals surface area contributed by atoms with Gasteiger partial charge in [-0.2, -0.15) is 13.2 Å². The molecular formula is C11H9BrF3NO3. The second kappa shape index (κ2) is 6.05. The highest BCUT2D eigenvalue weighted by Crippen LogP contribution is 2.25. The van der Waals surface area contributed by atoms with E-state index in [0.29, 0.717) is 4.90 Å². The summed E-state index contributed by atoms with van der Waals surface area (Å²) in [5.41, 5.74) is -0.348. The maximum atomic E-state index is 12.4. The zero-order valence-electron chi connectivity index (χ0n) is 9.70. The van der Waals surface area contributed by atoms with Crippen LogP contribution in [-0.4, -0.2) is 30.6 Å². The van der Waals surface area contributed by atoms with Crippen LogP contribution in [0.3, 0.4) is 0 Å². The lowest BCUT2D eigenvalue weighted by molar-refractivity contribution is -0.170. The average Bonchev–Trinajstić information content (AvgIpc) is 2.38. The molecule has 0 saturated heterocycles. The molecule has 1 aromatic carbocycles. The second-order valence-corrected chi connectivity index (χ2v) is 3.89. The number of carbonyl (C=O) groups excluding carboxylic acids is 2. The molecule has 0 aliphatic heterocycles. The molecule has 0 N–H and O–H groups in total. The number of ether oxygens (including phenoxy) is 1. The Morgan fingerprint density at radius 1 is 1.37 bits per heavy atom. The van der Waals surface area contributed by atoms with Crippen LogP contribution in [0.2, 0.25) is 0 Å². The number of amides is 1. The maximum Gasteiger partial charge on any atom is 0.471 e. The van der Waals surface area contributed by atoms with E-state index in [1.807, 2.05) is 0 Å². The largest absolute Gasteiger partial charge is 0.471 e. The first-order valence-electron chi connectivity index (χ1n) is 4.94. The number of methoxy groups -OCH3 is 1. The molecule has 0 aliphatic rings. The van der Waals surface area contributed by atoms with Crippen molar-refractivity contribution < 1.29 is 27.5 Å². The van der Waals surface area contributed by atoms with Crippen molar-refractivity contribution in [3.05, 3.63) is 29.8 Å². The molecule has 104 valence electrons. The molecule has 0 heterocycles. The molecule has 0 aromatic heterocycles. The molecule has 0 bridgehead atoms. The van der Waals surface area contributed by atoms with Crippen molar-refractivity contribution in [2.75, 3.05) is 17.5 Å². The van der Waals surface area contributed by atoms with Crippen molar-refractivity contribution in [3.8, 4) is 0 Å². The van der Waals surface area contributed by atoms with E-state index in [2.05, 4.69) is 20.7 Å². The first kappa shape index (κ1) is 15.5. The van der Waals surface area contributed by atoms with Gasteiger partial charge in [0.05, 0.1) is 18.1 Å². The number of benzene rings is 1. The lowest BCUT2D eigenvalue weighted by Gasteiger charge is -2.21. The van der Waals surface area contributed by atoms with Gasteiger partial charge in [0.1, 0.15) is 0 Å². The fraction of sp³-hybridized carbons (Fsp3) is 0.273. The number of rotatable bonds is 3. The van der Waals surface area contributed by atoms with Gasteiger partial charge in [-0.3, -0.25) is 9.69 Å². The Morgan fingerprint density at radius 3 is 2.47 bits per heavy atom.